The van der Waals surface area contributed by atoms with Gasteiger partial charge in [0.1, 0.15) is 17.2 Å². The van der Waals surface area contributed by atoms with E-state index in [1.807, 2.05) is 0 Å². The number of nitrogens with one attached hydrogen (secondary N) is 2. The number of hydrogen-bond donors (Lipinski definition) is 2. The molecule has 2 aromatic carbocycles. The summed E-state index contributed by atoms with van der Waals surface area (Å²) in [6, 6.07) is 5.52. The predicted molar refractivity (Wildman–Crippen MR) is 133 cm³/mol. The Labute approximate surface area is 216 Å². The minimum Gasteiger partial charge on any atom is -0.388 e. The number of halogens is 4. The van der Waals surface area contributed by atoms with E-state index in [1.54, 1.807) is 26.0 Å². The van der Waals surface area contributed by atoms with E-state index in [0.717, 1.165) is 11.5 Å². The monoisotopic (exact) mass is 541 g/mol. The number of benzene rings is 2. The molecule has 2 N–H and O–H groups in total. The normalized spacial score (nSPS) is 19.9. The number of piperidine rings is 1. The van der Waals surface area contributed by atoms with Crippen molar-refractivity contribution < 1.29 is 34.9 Å². The van der Waals surface area contributed by atoms with Crippen molar-refractivity contribution in [2.24, 2.45) is 4.99 Å². The number of carbonyl (C=O) groups excluding carboxylic acids is 1. The zero-order valence-corrected chi connectivity index (χ0v) is 20.7. The zero-order valence-electron chi connectivity index (χ0n) is 22.9. The van der Waals surface area contributed by atoms with E-state index in [0.29, 0.717) is 34.5 Å². The van der Waals surface area contributed by atoms with E-state index < -0.39 is 46.0 Å². The van der Waals surface area contributed by atoms with Crippen LogP contribution in [0.2, 0.25) is 0 Å². The van der Waals surface area contributed by atoms with Crippen molar-refractivity contribution in [2.75, 3.05) is 25.4 Å². The highest BCUT2D eigenvalue weighted by molar-refractivity contribution is 7.92. The topological polar surface area (TPSA) is 90.9 Å². The van der Waals surface area contributed by atoms with Gasteiger partial charge in [0, 0.05) is 40.8 Å². The quantitative estimate of drug-likeness (QED) is 0.555. The van der Waals surface area contributed by atoms with Crippen LogP contribution in [0.5, 0.6) is 0 Å². The highest BCUT2D eigenvalue weighted by Crippen LogP contribution is 2.35. The van der Waals surface area contributed by atoms with Crippen LogP contribution >= 0.6 is 0 Å². The highest BCUT2D eigenvalue weighted by Gasteiger charge is 2.47. The fraction of sp³-hybridized carbons (Fsp3) is 0.360. The van der Waals surface area contributed by atoms with Crippen molar-refractivity contribution in [3.63, 3.8) is 0 Å². The third-order valence-electron chi connectivity index (χ3n) is 6.58. The first-order valence-electron chi connectivity index (χ1n) is 12.8. The Balaban J connectivity index is 1.49. The third kappa shape index (κ3) is 5.26. The molecule has 198 valence electrons. The average Bonchev–Trinajstić information content (AvgIpc) is 3.12. The third-order valence-corrected chi connectivity index (χ3v) is 8.14. The predicted octanol–water partition coefficient (Wildman–Crippen LogP) is 4.21. The molecule has 7 nitrogen and oxygen atoms in total. The summed E-state index contributed by atoms with van der Waals surface area (Å²) in [6.45, 7) is 0.946. The number of sulfonamides is 1. The standard InChI is InChI=1S/C25H26F4N4O3S/c1-15-12-18(30-3)13-16(2)19(15)6-11-37(35,36)33-9-7-24(8-10-33)23(34)31-22(32-24)17-4-5-21(26)20(14-17)25(27,28)29/h4-6,11-14,30H,7-10H2,1-3H3,(H,31,32,34)/b11-6+/i3D3. The zero-order chi connectivity index (χ0) is 29.7. The van der Waals surface area contributed by atoms with Gasteiger partial charge in [-0.3, -0.25) is 9.79 Å². The van der Waals surface area contributed by atoms with Crippen molar-refractivity contribution in [1.29, 1.82) is 0 Å². The Kier molecular flexibility index (Phi) is 5.92. The maximum Gasteiger partial charge on any atom is 0.419 e. The van der Waals surface area contributed by atoms with Gasteiger partial charge < -0.3 is 10.6 Å². The van der Waals surface area contributed by atoms with Crippen LogP contribution in [0.4, 0.5) is 23.2 Å². The molecular formula is C25H26F4N4O3S. The Morgan fingerprint density at radius 3 is 2.41 bits per heavy atom. The molecule has 2 aliphatic heterocycles. The molecule has 12 heteroatoms. The summed E-state index contributed by atoms with van der Waals surface area (Å²) in [7, 11) is -3.91. The van der Waals surface area contributed by atoms with Crippen LogP contribution < -0.4 is 10.6 Å². The lowest BCUT2D eigenvalue weighted by molar-refractivity contribution is -0.140. The van der Waals surface area contributed by atoms with E-state index in [4.69, 9.17) is 4.11 Å². The number of amidine groups is 1. The summed E-state index contributed by atoms with van der Waals surface area (Å²) < 4.78 is 102. The van der Waals surface area contributed by atoms with E-state index in [1.165, 1.54) is 10.4 Å². The van der Waals surface area contributed by atoms with E-state index >= 15 is 0 Å². The maximum atomic E-state index is 13.7. The first-order chi connectivity index (χ1) is 18.4. The van der Waals surface area contributed by atoms with Crippen LogP contribution in [0.25, 0.3) is 6.08 Å². The van der Waals surface area contributed by atoms with E-state index in [9.17, 15) is 30.8 Å². The van der Waals surface area contributed by atoms with Crippen molar-refractivity contribution in [3.05, 3.63) is 69.4 Å². The number of alkyl halides is 3. The minimum atomic E-state index is -4.93. The molecule has 0 saturated carbocycles. The Hall–Kier alpha value is -3.25. The average molecular weight is 542 g/mol. The molecule has 1 fully saturated rings. The Morgan fingerprint density at radius 2 is 1.81 bits per heavy atom. The molecule has 2 heterocycles. The van der Waals surface area contributed by atoms with Gasteiger partial charge in [-0.1, -0.05) is 0 Å². The smallest absolute Gasteiger partial charge is 0.388 e. The van der Waals surface area contributed by atoms with Crippen LogP contribution in [-0.4, -0.2) is 50.1 Å². The lowest BCUT2D eigenvalue weighted by atomic mass is 9.89. The van der Waals surface area contributed by atoms with Crippen molar-refractivity contribution in [1.82, 2.24) is 9.62 Å². The lowest BCUT2D eigenvalue weighted by Gasteiger charge is -2.34. The van der Waals surface area contributed by atoms with Gasteiger partial charge in [-0.05, 0) is 79.8 Å². The van der Waals surface area contributed by atoms with Gasteiger partial charge in [0.15, 0.2) is 0 Å². The van der Waals surface area contributed by atoms with Gasteiger partial charge in [-0.25, -0.2) is 12.8 Å². The second kappa shape index (κ2) is 9.56. The molecule has 2 aromatic rings. The molecule has 1 spiro atoms. The van der Waals surface area contributed by atoms with Crippen LogP contribution in [0.3, 0.4) is 0 Å². The summed E-state index contributed by atoms with van der Waals surface area (Å²) >= 11 is 0. The van der Waals surface area contributed by atoms with Crippen LogP contribution in [0.1, 0.15) is 44.8 Å². The molecule has 37 heavy (non-hydrogen) atoms. The maximum absolute atomic E-state index is 13.7. The number of rotatable bonds is 5. The van der Waals surface area contributed by atoms with Gasteiger partial charge in [-0.15, -0.1) is 0 Å². The highest BCUT2D eigenvalue weighted by atomic mass is 32.2. The van der Waals surface area contributed by atoms with Crippen LogP contribution in [0.15, 0.2) is 40.7 Å². The van der Waals surface area contributed by atoms with E-state index in [2.05, 4.69) is 15.6 Å². The molecule has 0 atom stereocenters. The number of aryl methyl sites for hydroxylation is 2. The minimum absolute atomic E-state index is 0.00370. The number of anilines is 1. The fourth-order valence-corrected chi connectivity index (χ4v) is 5.71. The largest absolute Gasteiger partial charge is 0.419 e. The summed E-state index contributed by atoms with van der Waals surface area (Å²) in [5.74, 6) is -2.14. The number of carbonyl (C=O) groups is 1. The van der Waals surface area contributed by atoms with Gasteiger partial charge in [0.05, 0.1) is 5.56 Å². The first kappa shape index (κ1) is 22.9. The second-order valence-electron chi connectivity index (χ2n) is 9.03. The lowest BCUT2D eigenvalue weighted by Crippen LogP contribution is -2.50. The molecule has 2 aliphatic rings. The number of amides is 1. The molecule has 1 saturated heterocycles. The molecule has 1 amide bonds. The summed E-state index contributed by atoms with van der Waals surface area (Å²) in [5, 5.41) is 5.90. The Bertz CT molecular complexity index is 1490. The number of aliphatic imine (C=N–C) groups is 1. The molecule has 0 aromatic heterocycles. The molecular weight excluding hydrogens is 512 g/mol. The first-order valence-corrected chi connectivity index (χ1v) is 12.8. The van der Waals surface area contributed by atoms with Gasteiger partial charge in [-0.2, -0.15) is 17.5 Å². The molecule has 0 bridgehead atoms. The Morgan fingerprint density at radius 1 is 1.16 bits per heavy atom. The molecule has 0 unspecified atom stereocenters. The summed E-state index contributed by atoms with van der Waals surface area (Å²) in [5.41, 5.74) is -0.635. The second-order valence-corrected chi connectivity index (χ2v) is 10.9. The molecule has 0 radical (unpaired) electrons. The molecule has 0 aliphatic carbocycles. The van der Waals surface area contributed by atoms with Gasteiger partial charge in [0.25, 0.3) is 5.91 Å². The number of hydrogen-bond acceptors (Lipinski definition) is 5. The van der Waals surface area contributed by atoms with E-state index in [-0.39, 0.29) is 37.3 Å². The van der Waals surface area contributed by atoms with Crippen LogP contribution in [-0.2, 0) is 21.0 Å². The SMILES string of the molecule is [2H]C([2H])([2H])Nc1cc(C)c(/C=C/S(=O)(=O)N2CCC3(CC2)N=C(c2ccc(F)c(C(F)(F)F)c2)NC3=O)c(C)c1. The van der Waals surface area contributed by atoms with Gasteiger partial charge in [0.2, 0.25) is 10.0 Å². The fourth-order valence-electron chi connectivity index (χ4n) is 4.54. The van der Waals surface area contributed by atoms with Crippen LogP contribution in [0, 0.1) is 19.7 Å². The summed E-state index contributed by atoms with van der Waals surface area (Å²) in [6.07, 6.45) is -3.51. The molecule has 4 rings (SSSR count). The summed E-state index contributed by atoms with van der Waals surface area (Å²) in [4.78, 5) is 17.1. The van der Waals surface area contributed by atoms with Crippen molar-refractivity contribution in [2.45, 2.75) is 38.4 Å². The number of nitrogens with zero attached hydrogens (tertiary/aromatic N) is 2. The van der Waals surface area contributed by atoms with Crippen molar-refractivity contribution >= 4 is 33.5 Å². The van der Waals surface area contributed by atoms with Gasteiger partial charge >= 0.3 is 6.18 Å². The van der Waals surface area contributed by atoms with Crippen molar-refractivity contribution in [3.8, 4) is 0 Å².